The minimum Gasteiger partial charge on any atom is -0.435 e. The van der Waals surface area contributed by atoms with E-state index in [2.05, 4.69) is 20.1 Å². The van der Waals surface area contributed by atoms with Gasteiger partial charge < -0.3 is 20.1 Å². The molecule has 5 nitrogen and oxygen atoms in total. The van der Waals surface area contributed by atoms with Gasteiger partial charge in [0.15, 0.2) is 0 Å². The molecule has 2 N–H and O–H groups in total. The lowest BCUT2D eigenvalue weighted by atomic mass is 10.1. The summed E-state index contributed by atoms with van der Waals surface area (Å²) in [5.41, 5.74) is 2.04. The van der Waals surface area contributed by atoms with Crippen LogP contribution in [-0.2, 0) is 24.4 Å². The molecule has 0 saturated heterocycles. The second-order valence-electron chi connectivity index (χ2n) is 5.98. The number of hydrogen-bond donors (Lipinski definition) is 2. The van der Waals surface area contributed by atoms with Crippen LogP contribution in [0.1, 0.15) is 16.7 Å². The first-order valence-electron chi connectivity index (χ1n) is 8.49. The normalized spacial score (nSPS) is 11.4. The van der Waals surface area contributed by atoms with Crippen molar-refractivity contribution in [2.45, 2.75) is 32.5 Å². The zero-order valence-electron chi connectivity index (χ0n) is 15.1. The fourth-order valence-corrected chi connectivity index (χ4v) is 2.25. The number of hydrogen-bond acceptors (Lipinski definition) is 3. The predicted molar refractivity (Wildman–Crippen MR) is 94.3 cm³/mol. The van der Waals surface area contributed by atoms with Crippen LogP contribution in [0, 0.1) is 0 Å². The van der Waals surface area contributed by atoms with Crippen LogP contribution in [0.25, 0.3) is 0 Å². The van der Waals surface area contributed by atoms with Gasteiger partial charge in [0.05, 0.1) is 6.61 Å². The fourth-order valence-electron chi connectivity index (χ4n) is 2.25. The molecule has 0 unspecified atom stereocenters. The van der Waals surface area contributed by atoms with Crippen molar-refractivity contribution in [1.82, 2.24) is 10.6 Å². The Morgan fingerprint density at radius 2 is 1.34 bits per heavy atom. The van der Waals surface area contributed by atoms with E-state index in [0.717, 1.165) is 5.56 Å². The first kappa shape index (κ1) is 22.4. The molecule has 0 aromatic heterocycles. The maximum atomic E-state index is 12.1. The highest BCUT2D eigenvalue weighted by atomic mass is 19.4. The molecule has 2 rings (SSSR count). The maximum Gasteiger partial charge on any atom is 0.411 e. The Labute approximate surface area is 163 Å². The average Bonchev–Trinajstić information content (AvgIpc) is 2.65. The largest absolute Gasteiger partial charge is 0.435 e. The van der Waals surface area contributed by atoms with Gasteiger partial charge in [0, 0.05) is 13.1 Å². The zero-order valence-corrected chi connectivity index (χ0v) is 15.1. The number of benzene rings is 2. The van der Waals surface area contributed by atoms with Gasteiger partial charge in [-0.3, -0.25) is 0 Å². The Hall–Kier alpha value is -2.88. The maximum absolute atomic E-state index is 12.1. The smallest absolute Gasteiger partial charge is 0.411 e. The Morgan fingerprint density at radius 3 is 1.83 bits per heavy atom. The molecule has 0 heterocycles. The molecular weight excluding hydrogens is 399 g/mol. The van der Waals surface area contributed by atoms with Gasteiger partial charge in [-0.25, -0.2) is 4.79 Å². The zero-order chi connectivity index (χ0) is 21.3. The number of alkyl halides is 5. The van der Waals surface area contributed by atoms with Crippen LogP contribution in [0.15, 0.2) is 48.5 Å². The molecule has 10 heteroatoms. The van der Waals surface area contributed by atoms with E-state index in [1.54, 1.807) is 36.4 Å². The van der Waals surface area contributed by atoms with E-state index in [-0.39, 0.29) is 25.4 Å². The summed E-state index contributed by atoms with van der Waals surface area (Å²) in [7, 11) is 0. The van der Waals surface area contributed by atoms with E-state index in [1.807, 2.05) is 0 Å². The summed E-state index contributed by atoms with van der Waals surface area (Å²) in [6, 6.07) is 12.0. The highest BCUT2D eigenvalue weighted by Crippen LogP contribution is 2.16. The van der Waals surface area contributed by atoms with Crippen LogP contribution in [0.5, 0.6) is 5.75 Å². The standard InChI is InChI=1S/C19H19F5N2O3/c20-17(21)29-16-7-5-14(6-8-16)10-26-18(27)25-9-13-1-3-15(4-2-13)11-28-12-19(22,23)24/h1-8,17H,9-12H2,(H2,25,26,27). The van der Waals surface area contributed by atoms with Gasteiger partial charge in [0.25, 0.3) is 0 Å². The summed E-state index contributed by atoms with van der Waals surface area (Å²) in [4.78, 5) is 11.8. The molecule has 2 aromatic carbocycles. The molecule has 0 fully saturated rings. The molecule has 2 aromatic rings. The van der Waals surface area contributed by atoms with Crippen LogP contribution < -0.4 is 15.4 Å². The number of ether oxygens (including phenoxy) is 2. The van der Waals surface area contributed by atoms with E-state index in [4.69, 9.17) is 0 Å². The molecule has 158 valence electrons. The first-order chi connectivity index (χ1) is 13.7. The Morgan fingerprint density at radius 1 is 0.862 bits per heavy atom. The lowest BCUT2D eigenvalue weighted by Crippen LogP contribution is -2.34. The summed E-state index contributed by atoms with van der Waals surface area (Å²) >= 11 is 0. The molecule has 0 aliphatic carbocycles. The molecule has 0 aliphatic heterocycles. The van der Waals surface area contributed by atoms with E-state index in [0.29, 0.717) is 11.1 Å². The number of carbonyl (C=O) groups excluding carboxylic acids is 1. The molecule has 29 heavy (non-hydrogen) atoms. The molecule has 0 spiro atoms. The molecular formula is C19H19F5N2O3. The number of nitrogens with one attached hydrogen (secondary N) is 2. The third-order valence-corrected chi connectivity index (χ3v) is 3.61. The quantitative estimate of drug-likeness (QED) is 0.595. The third kappa shape index (κ3) is 9.24. The van der Waals surface area contributed by atoms with Crippen LogP contribution in [0.4, 0.5) is 26.7 Å². The van der Waals surface area contributed by atoms with Crippen molar-refractivity contribution in [3.05, 3.63) is 65.2 Å². The minimum absolute atomic E-state index is 0.0282. The van der Waals surface area contributed by atoms with Gasteiger partial charge in [-0.1, -0.05) is 36.4 Å². The van der Waals surface area contributed by atoms with Crippen molar-refractivity contribution < 1.29 is 36.2 Å². The van der Waals surface area contributed by atoms with Crippen molar-refractivity contribution in [3.8, 4) is 5.75 Å². The van der Waals surface area contributed by atoms with Gasteiger partial charge in [-0.2, -0.15) is 22.0 Å². The van der Waals surface area contributed by atoms with Crippen LogP contribution in [0.2, 0.25) is 0 Å². The summed E-state index contributed by atoms with van der Waals surface area (Å²) in [5, 5.41) is 5.25. The molecule has 0 radical (unpaired) electrons. The van der Waals surface area contributed by atoms with Crippen LogP contribution >= 0.6 is 0 Å². The summed E-state index contributed by atoms with van der Waals surface area (Å²) < 4.78 is 69.1. The Kier molecular flexibility index (Phi) is 8.20. The van der Waals surface area contributed by atoms with Gasteiger partial charge in [0.1, 0.15) is 12.4 Å². The minimum atomic E-state index is -4.36. The molecule has 0 bridgehead atoms. The van der Waals surface area contributed by atoms with Crippen molar-refractivity contribution in [2.75, 3.05) is 6.61 Å². The van der Waals surface area contributed by atoms with Crippen molar-refractivity contribution in [2.24, 2.45) is 0 Å². The average molecular weight is 418 g/mol. The highest BCUT2D eigenvalue weighted by molar-refractivity contribution is 5.73. The number of rotatable bonds is 9. The first-order valence-corrected chi connectivity index (χ1v) is 8.49. The van der Waals surface area contributed by atoms with Crippen molar-refractivity contribution in [3.63, 3.8) is 0 Å². The summed E-state index contributed by atoms with van der Waals surface area (Å²) in [5.74, 6) is 0.0282. The van der Waals surface area contributed by atoms with E-state index >= 15 is 0 Å². The number of urea groups is 1. The summed E-state index contributed by atoms with van der Waals surface area (Å²) in [6.45, 7) is -3.95. The lowest BCUT2D eigenvalue weighted by molar-refractivity contribution is -0.176. The highest BCUT2D eigenvalue weighted by Gasteiger charge is 2.27. The third-order valence-electron chi connectivity index (χ3n) is 3.61. The molecule has 2 amide bonds. The van der Waals surface area contributed by atoms with Crippen LogP contribution in [0.3, 0.4) is 0 Å². The number of carbonyl (C=O) groups is 1. The topological polar surface area (TPSA) is 59.6 Å². The van der Waals surface area contributed by atoms with E-state index in [1.165, 1.54) is 12.1 Å². The second kappa shape index (κ2) is 10.6. The Bertz CT molecular complexity index is 765. The lowest BCUT2D eigenvalue weighted by Gasteiger charge is -2.10. The second-order valence-corrected chi connectivity index (χ2v) is 5.98. The van der Waals surface area contributed by atoms with Crippen LogP contribution in [-0.4, -0.2) is 25.4 Å². The molecule has 0 atom stereocenters. The molecule has 0 saturated carbocycles. The van der Waals surface area contributed by atoms with Gasteiger partial charge >= 0.3 is 18.8 Å². The van der Waals surface area contributed by atoms with Gasteiger partial charge in [-0.05, 0) is 28.8 Å². The van der Waals surface area contributed by atoms with Crippen molar-refractivity contribution >= 4 is 6.03 Å². The predicted octanol–water partition coefficient (Wildman–Crippen LogP) is 4.37. The SMILES string of the molecule is O=C(NCc1ccc(COCC(F)(F)F)cc1)NCc1ccc(OC(F)F)cc1. The summed E-state index contributed by atoms with van der Waals surface area (Å²) in [6.07, 6.45) is -4.36. The monoisotopic (exact) mass is 418 g/mol. The molecule has 0 aliphatic rings. The fraction of sp³-hybridized carbons (Fsp3) is 0.316. The number of halogens is 5. The Balaban J connectivity index is 1.69. The van der Waals surface area contributed by atoms with E-state index in [9.17, 15) is 26.7 Å². The van der Waals surface area contributed by atoms with Gasteiger partial charge in [-0.15, -0.1) is 0 Å². The van der Waals surface area contributed by atoms with Crippen molar-refractivity contribution in [1.29, 1.82) is 0 Å². The van der Waals surface area contributed by atoms with Gasteiger partial charge in [0.2, 0.25) is 0 Å². The number of amides is 2. The van der Waals surface area contributed by atoms with E-state index < -0.39 is 25.4 Å².